The van der Waals surface area contributed by atoms with Crippen molar-refractivity contribution in [2.75, 3.05) is 6.54 Å². The highest BCUT2D eigenvalue weighted by molar-refractivity contribution is 9.11. The second-order valence-corrected chi connectivity index (χ2v) is 4.15. The molecule has 1 N–H and O–H groups in total. The third-order valence-corrected chi connectivity index (χ3v) is 2.75. The van der Waals surface area contributed by atoms with Gasteiger partial charge in [-0.05, 0) is 40.6 Å². The molecule has 13 heavy (non-hydrogen) atoms. The number of halogens is 1. The zero-order chi connectivity index (χ0) is 9.42. The molecule has 0 atom stereocenters. The summed E-state index contributed by atoms with van der Waals surface area (Å²) in [4.78, 5) is 2.08. The Morgan fingerprint density at radius 2 is 2.23 bits per heavy atom. The highest BCUT2D eigenvalue weighted by Crippen LogP contribution is 2.27. The summed E-state index contributed by atoms with van der Waals surface area (Å²) < 4.78 is 0.828. The minimum atomic E-state index is 0.325. The summed E-state index contributed by atoms with van der Waals surface area (Å²) in [6.07, 6.45) is 7.89. The molecule has 0 saturated carbocycles. The van der Waals surface area contributed by atoms with Gasteiger partial charge in [0, 0.05) is 18.0 Å². The number of hydrogen-bond acceptors (Lipinski definition) is 2. The minimum absolute atomic E-state index is 0.325. The summed E-state index contributed by atoms with van der Waals surface area (Å²) in [7, 11) is 0. The fraction of sp³-hybridized carbons (Fsp3) is 0.200. The number of rotatable bonds is 0. The van der Waals surface area contributed by atoms with Crippen molar-refractivity contribution in [3.05, 3.63) is 45.9 Å². The average Bonchev–Trinajstić information content (AvgIpc) is 2.08. The summed E-state index contributed by atoms with van der Waals surface area (Å²) in [6, 6.07) is 0. The van der Waals surface area contributed by atoms with Crippen LogP contribution >= 0.6 is 15.9 Å². The molecule has 0 aromatic carbocycles. The first kappa shape index (κ1) is 8.63. The Morgan fingerprint density at radius 3 is 3.00 bits per heavy atom. The summed E-state index contributed by atoms with van der Waals surface area (Å²) in [5.41, 5.74) is 2.24. The molecular formula is C10H10BrNO. The Balaban J connectivity index is 2.39. The zero-order valence-corrected chi connectivity index (χ0v) is 8.87. The first-order valence-corrected chi connectivity index (χ1v) is 4.88. The van der Waals surface area contributed by atoms with Crippen LogP contribution in [0.5, 0.6) is 0 Å². The Kier molecular flexibility index (Phi) is 2.04. The smallest absolute Gasteiger partial charge is 0.129 e. The molecule has 0 aromatic heterocycles. The van der Waals surface area contributed by atoms with E-state index < -0.39 is 0 Å². The molecule has 68 valence electrons. The standard InChI is InChI=1S/C10H10BrNO/c1-7-2-3-12-6-9(11)10(13)5-8(12)4-7/h2-5,13H,6H2,1H3. The zero-order valence-electron chi connectivity index (χ0n) is 7.29. The predicted octanol–water partition coefficient (Wildman–Crippen LogP) is 2.82. The molecule has 0 bridgehead atoms. The molecule has 0 saturated heterocycles. The van der Waals surface area contributed by atoms with Crippen molar-refractivity contribution >= 4 is 15.9 Å². The van der Waals surface area contributed by atoms with Gasteiger partial charge in [-0.25, -0.2) is 0 Å². The van der Waals surface area contributed by atoms with Gasteiger partial charge in [0.1, 0.15) is 5.76 Å². The highest BCUT2D eigenvalue weighted by atomic mass is 79.9. The van der Waals surface area contributed by atoms with Gasteiger partial charge in [-0.3, -0.25) is 0 Å². The lowest BCUT2D eigenvalue weighted by atomic mass is 10.1. The van der Waals surface area contributed by atoms with Crippen LogP contribution in [0.25, 0.3) is 0 Å². The molecule has 0 spiro atoms. The lowest BCUT2D eigenvalue weighted by Gasteiger charge is -2.28. The van der Waals surface area contributed by atoms with Crippen molar-refractivity contribution < 1.29 is 5.11 Å². The van der Waals surface area contributed by atoms with Crippen LogP contribution in [-0.2, 0) is 0 Å². The molecular weight excluding hydrogens is 230 g/mol. The monoisotopic (exact) mass is 239 g/mol. The lowest BCUT2D eigenvalue weighted by Crippen LogP contribution is -2.23. The number of nitrogens with zero attached hydrogens (tertiary/aromatic N) is 1. The van der Waals surface area contributed by atoms with E-state index in [0.717, 1.165) is 10.2 Å². The predicted molar refractivity (Wildman–Crippen MR) is 56.3 cm³/mol. The Labute approximate surface area is 85.7 Å². The van der Waals surface area contributed by atoms with Gasteiger partial charge in [-0.15, -0.1) is 0 Å². The highest BCUT2D eigenvalue weighted by Gasteiger charge is 2.17. The van der Waals surface area contributed by atoms with Crippen LogP contribution in [-0.4, -0.2) is 16.6 Å². The Bertz CT molecular complexity index is 363. The summed E-state index contributed by atoms with van der Waals surface area (Å²) in [6.45, 7) is 2.75. The van der Waals surface area contributed by atoms with E-state index in [1.807, 2.05) is 13.1 Å². The average molecular weight is 240 g/mol. The van der Waals surface area contributed by atoms with E-state index in [4.69, 9.17) is 0 Å². The number of aliphatic hydroxyl groups is 1. The van der Waals surface area contributed by atoms with Crippen LogP contribution < -0.4 is 0 Å². The normalized spacial score (nSPS) is 21.2. The first-order chi connectivity index (χ1) is 6.16. The van der Waals surface area contributed by atoms with Crippen LogP contribution in [0.4, 0.5) is 0 Å². The van der Waals surface area contributed by atoms with Gasteiger partial charge in [-0.1, -0.05) is 0 Å². The van der Waals surface area contributed by atoms with Crippen molar-refractivity contribution in [2.45, 2.75) is 6.92 Å². The van der Waals surface area contributed by atoms with Crippen molar-refractivity contribution in [2.24, 2.45) is 0 Å². The van der Waals surface area contributed by atoms with E-state index in [0.29, 0.717) is 12.3 Å². The maximum absolute atomic E-state index is 9.48. The second-order valence-electron chi connectivity index (χ2n) is 3.19. The molecule has 3 heteroatoms. The van der Waals surface area contributed by atoms with Crippen LogP contribution in [0.2, 0.25) is 0 Å². The van der Waals surface area contributed by atoms with Crippen molar-refractivity contribution in [3.8, 4) is 0 Å². The molecule has 2 rings (SSSR count). The van der Waals surface area contributed by atoms with Crippen molar-refractivity contribution in [3.63, 3.8) is 0 Å². The Hall–Kier alpha value is -0.960. The summed E-state index contributed by atoms with van der Waals surface area (Å²) in [5, 5.41) is 9.48. The number of fused-ring (bicyclic) bond motifs is 1. The van der Waals surface area contributed by atoms with Gasteiger partial charge in [0.05, 0.1) is 11.0 Å². The third kappa shape index (κ3) is 1.56. The third-order valence-electron chi connectivity index (χ3n) is 2.10. The van der Waals surface area contributed by atoms with E-state index in [1.165, 1.54) is 5.57 Å². The minimum Gasteiger partial charge on any atom is -0.507 e. The lowest BCUT2D eigenvalue weighted by molar-refractivity contribution is 0.403. The molecule has 0 fully saturated rings. The number of hydrogen-bond donors (Lipinski definition) is 1. The van der Waals surface area contributed by atoms with E-state index in [1.54, 1.807) is 6.08 Å². The molecule has 0 aliphatic carbocycles. The topological polar surface area (TPSA) is 23.5 Å². The van der Waals surface area contributed by atoms with Gasteiger partial charge in [0.25, 0.3) is 0 Å². The van der Waals surface area contributed by atoms with E-state index in [-0.39, 0.29) is 0 Å². The maximum Gasteiger partial charge on any atom is 0.129 e. The molecule has 0 unspecified atom stereocenters. The van der Waals surface area contributed by atoms with Crippen molar-refractivity contribution in [1.29, 1.82) is 0 Å². The Morgan fingerprint density at radius 1 is 1.46 bits per heavy atom. The SMILES string of the molecule is CC1=CC2=CC(O)=C(Br)CN2C=C1. The van der Waals surface area contributed by atoms with Crippen LogP contribution in [0.15, 0.2) is 45.9 Å². The van der Waals surface area contributed by atoms with E-state index >= 15 is 0 Å². The van der Waals surface area contributed by atoms with E-state index in [9.17, 15) is 5.11 Å². The fourth-order valence-corrected chi connectivity index (χ4v) is 1.76. The molecule has 0 radical (unpaired) electrons. The molecule has 2 aliphatic rings. The summed E-state index contributed by atoms with van der Waals surface area (Å²) >= 11 is 3.32. The van der Waals surface area contributed by atoms with Gasteiger partial charge in [-0.2, -0.15) is 0 Å². The van der Waals surface area contributed by atoms with E-state index in [2.05, 4.69) is 33.0 Å². The van der Waals surface area contributed by atoms with Crippen LogP contribution in [0.3, 0.4) is 0 Å². The van der Waals surface area contributed by atoms with Crippen LogP contribution in [0.1, 0.15) is 6.92 Å². The van der Waals surface area contributed by atoms with Gasteiger partial charge < -0.3 is 10.0 Å². The molecule has 2 nitrogen and oxygen atoms in total. The summed E-state index contributed by atoms with van der Waals surface area (Å²) in [5.74, 6) is 0.325. The van der Waals surface area contributed by atoms with Gasteiger partial charge in [0.15, 0.2) is 0 Å². The largest absolute Gasteiger partial charge is 0.507 e. The molecule has 0 aromatic rings. The quantitative estimate of drug-likeness (QED) is 0.703. The molecule has 0 amide bonds. The fourth-order valence-electron chi connectivity index (χ4n) is 1.38. The maximum atomic E-state index is 9.48. The van der Waals surface area contributed by atoms with Gasteiger partial charge in [0.2, 0.25) is 0 Å². The number of aliphatic hydroxyl groups excluding tert-OH is 1. The number of allylic oxidation sites excluding steroid dienone is 4. The second kappa shape index (κ2) is 3.07. The van der Waals surface area contributed by atoms with Gasteiger partial charge >= 0.3 is 0 Å². The molecule has 2 heterocycles. The molecule has 2 aliphatic heterocycles. The van der Waals surface area contributed by atoms with Crippen LogP contribution in [0, 0.1) is 0 Å². The van der Waals surface area contributed by atoms with Crippen molar-refractivity contribution in [1.82, 2.24) is 4.90 Å². The first-order valence-electron chi connectivity index (χ1n) is 4.09.